The van der Waals surface area contributed by atoms with Crippen molar-refractivity contribution in [2.45, 2.75) is 32.1 Å². The summed E-state index contributed by atoms with van der Waals surface area (Å²) < 4.78 is 5.11. The Hall–Kier alpha value is -0.960. The molecular weight excluding hydrogens is 198 g/mol. The second-order valence-corrected chi connectivity index (χ2v) is 3.74. The van der Waals surface area contributed by atoms with Gasteiger partial charge in [0.15, 0.2) is 5.72 Å². The van der Waals surface area contributed by atoms with Crippen molar-refractivity contribution in [3.63, 3.8) is 0 Å². The summed E-state index contributed by atoms with van der Waals surface area (Å²) in [6.07, 6.45) is 5.95. The zero-order valence-electron chi connectivity index (χ0n) is 9.01. The van der Waals surface area contributed by atoms with Crippen LogP contribution in [0.4, 0.5) is 0 Å². The van der Waals surface area contributed by atoms with E-state index in [1.165, 1.54) is 13.8 Å². The van der Waals surface area contributed by atoms with Gasteiger partial charge in [-0.3, -0.25) is 0 Å². The van der Waals surface area contributed by atoms with Crippen LogP contribution < -0.4 is 0 Å². The van der Waals surface area contributed by atoms with Gasteiger partial charge in [0.05, 0.1) is 18.6 Å². The van der Waals surface area contributed by atoms with Crippen molar-refractivity contribution in [3.8, 4) is 12.3 Å². The Bertz CT molecular complexity index is 229. The molecule has 0 amide bonds. The van der Waals surface area contributed by atoms with E-state index in [0.29, 0.717) is 6.61 Å². The second-order valence-electron chi connectivity index (χ2n) is 3.74. The molecule has 1 fully saturated rings. The Kier molecular flexibility index (Phi) is 6.09. The number of nitroso groups, excluding NO2 is 1. The maximum absolute atomic E-state index is 9.33. The molecule has 5 nitrogen and oxygen atoms in total. The van der Waals surface area contributed by atoms with Crippen molar-refractivity contribution in [2.24, 2.45) is 11.1 Å². The Morgan fingerprint density at radius 3 is 2.47 bits per heavy atom. The Morgan fingerprint density at radius 1 is 1.67 bits per heavy atom. The summed E-state index contributed by atoms with van der Waals surface area (Å²) >= 11 is 0. The first-order valence-corrected chi connectivity index (χ1v) is 4.70. The SMILES string of the molecule is C#CC1CCOC1CO.CC(C)(O)N=O. The molecule has 0 bridgehead atoms. The Morgan fingerprint density at radius 2 is 2.20 bits per heavy atom. The molecular formula is C10H17NO4. The minimum atomic E-state index is -1.39. The number of hydrogen-bond donors (Lipinski definition) is 2. The first-order valence-electron chi connectivity index (χ1n) is 4.70. The van der Waals surface area contributed by atoms with Gasteiger partial charge in [0, 0.05) is 6.61 Å². The van der Waals surface area contributed by atoms with Crippen LogP contribution in [0.25, 0.3) is 0 Å². The summed E-state index contributed by atoms with van der Waals surface area (Å²) in [7, 11) is 0. The number of nitrogens with zero attached hydrogens (tertiary/aromatic N) is 1. The van der Waals surface area contributed by atoms with Gasteiger partial charge in [-0.05, 0) is 25.4 Å². The van der Waals surface area contributed by atoms with Gasteiger partial charge >= 0.3 is 0 Å². The first kappa shape index (κ1) is 14.0. The summed E-state index contributed by atoms with van der Waals surface area (Å²) in [6.45, 7) is 3.38. The first-order chi connectivity index (χ1) is 6.94. The van der Waals surface area contributed by atoms with Crippen LogP contribution in [0.1, 0.15) is 20.3 Å². The van der Waals surface area contributed by atoms with E-state index in [1.54, 1.807) is 0 Å². The number of ether oxygens (including phenoxy) is 1. The fourth-order valence-corrected chi connectivity index (χ4v) is 1.02. The summed E-state index contributed by atoms with van der Waals surface area (Å²) in [5.41, 5.74) is -1.39. The minimum Gasteiger partial charge on any atom is -0.394 e. The molecule has 0 aromatic heterocycles. The summed E-state index contributed by atoms with van der Waals surface area (Å²) in [4.78, 5) is 9.33. The van der Waals surface area contributed by atoms with Gasteiger partial charge in [0.1, 0.15) is 0 Å². The zero-order chi connectivity index (χ0) is 11.9. The molecule has 15 heavy (non-hydrogen) atoms. The average Bonchev–Trinajstić information content (AvgIpc) is 2.64. The molecule has 0 saturated carbocycles. The highest BCUT2D eigenvalue weighted by molar-refractivity contribution is 4.99. The minimum absolute atomic E-state index is 0.0505. The molecule has 1 saturated heterocycles. The van der Waals surface area contributed by atoms with E-state index >= 15 is 0 Å². The van der Waals surface area contributed by atoms with Gasteiger partial charge in [-0.2, -0.15) is 0 Å². The van der Waals surface area contributed by atoms with Crippen molar-refractivity contribution >= 4 is 0 Å². The number of aliphatic hydroxyl groups is 2. The van der Waals surface area contributed by atoms with Crippen LogP contribution in [0, 0.1) is 23.2 Å². The van der Waals surface area contributed by atoms with Gasteiger partial charge in [-0.1, -0.05) is 0 Å². The highest BCUT2D eigenvalue weighted by Crippen LogP contribution is 2.18. The lowest BCUT2D eigenvalue weighted by Gasteiger charge is -2.08. The maximum Gasteiger partial charge on any atom is 0.191 e. The van der Waals surface area contributed by atoms with Crippen LogP contribution in [-0.2, 0) is 4.74 Å². The molecule has 0 aromatic rings. The summed E-state index contributed by atoms with van der Waals surface area (Å²) in [5.74, 6) is 2.71. The molecule has 2 atom stereocenters. The third-order valence-electron chi connectivity index (χ3n) is 1.83. The van der Waals surface area contributed by atoms with Crippen molar-refractivity contribution in [1.82, 2.24) is 0 Å². The fourth-order valence-electron chi connectivity index (χ4n) is 1.02. The zero-order valence-corrected chi connectivity index (χ0v) is 9.01. The van der Waals surface area contributed by atoms with Crippen LogP contribution >= 0.6 is 0 Å². The molecule has 5 heteroatoms. The summed E-state index contributed by atoms with van der Waals surface area (Å²) in [6, 6.07) is 0. The molecule has 0 aliphatic carbocycles. The maximum atomic E-state index is 9.33. The van der Waals surface area contributed by atoms with Gasteiger partial charge < -0.3 is 14.9 Å². The molecule has 2 unspecified atom stereocenters. The van der Waals surface area contributed by atoms with Crippen LogP contribution in [0.5, 0.6) is 0 Å². The lowest BCUT2D eigenvalue weighted by molar-refractivity contribution is 0.0489. The van der Waals surface area contributed by atoms with E-state index in [1.807, 2.05) is 0 Å². The molecule has 1 aliphatic rings. The molecule has 1 aliphatic heterocycles. The number of aliphatic hydroxyl groups excluding tert-OH is 1. The van der Waals surface area contributed by atoms with Crippen LogP contribution in [0.2, 0.25) is 0 Å². The lowest BCUT2D eigenvalue weighted by atomic mass is 10.0. The predicted molar refractivity (Wildman–Crippen MR) is 55.9 cm³/mol. The van der Waals surface area contributed by atoms with Gasteiger partial charge in [-0.25, -0.2) is 0 Å². The second kappa shape index (κ2) is 6.51. The van der Waals surface area contributed by atoms with E-state index in [-0.39, 0.29) is 18.6 Å². The van der Waals surface area contributed by atoms with Gasteiger partial charge in [-0.15, -0.1) is 17.3 Å². The standard InChI is InChI=1S/C7H10O2.C3H7NO2/c1-2-6-3-4-9-7(6)5-8;1-3(2,5)4-6/h1,6-8H,3-5H2;5H,1-2H3. The molecule has 0 aromatic carbocycles. The van der Waals surface area contributed by atoms with Gasteiger partial charge in [0.25, 0.3) is 0 Å². The molecule has 0 spiro atoms. The van der Waals surface area contributed by atoms with Crippen LogP contribution in [0.15, 0.2) is 5.18 Å². The number of hydrogen-bond acceptors (Lipinski definition) is 5. The molecule has 86 valence electrons. The summed E-state index contributed by atoms with van der Waals surface area (Å²) in [5, 5.41) is 19.3. The van der Waals surface area contributed by atoms with E-state index in [4.69, 9.17) is 21.4 Å². The predicted octanol–water partition coefficient (Wildman–Crippen LogP) is 0.498. The van der Waals surface area contributed by atoms with Gasteiger partial charge in [0.2, 0.25) is 0 Å². The smallest absolute Gasteiger partial charge is 0.191 e. The normalized spacial score (nSPS) is 25.0. The van der Waals surface area contributed by atoms with Crippen molar-refractivity contribution in [1.29, 1.82) is 0 Å². The van der Waals surface area contributed by atoms with E-state index in [0.717, 1.165) is 6.42 Å². The van der Waals surface area contributed by atoms with Crippen molar-refractivity contribution in [3.05, 3.63) is 4.91 Å². The third kappa shape index (κ3) is 6.18. The van der Waals surface area contributed by atoms with Crippen LogP contribution in [0.3, 0.4) is 0 Å². The fraction of sp³-hybridized carbons (Fsp3) is 0.800. The third-order valence-corrected chi connectivity index (χ3v) is 1.83. The lowest BCUT2D eigenvalue weighted by Crippen LogP contribution is -2.18. The van der Waals surface area contributed by atoms with Crippen molar-refractivity contribution < 1.29 is 14.9 Å². The molecule has 1 heterocycles. The Balaban J connectivity index is 0.000000288. The van der Waals surface area contributed by atoms with E-state index in [2.05, 4.69) is 11.1 Å². The topological polar surface area (TPSA) is 79.1 Å². The van der Waals surface area contributed by atoms with Crippen molar-refractivity contribution in [2.75, 3.05) is 13.2 Å². The van der Waals surface area contributed by atoms with Crippen LogP contribution in [-0.4, -0.2) is 35.3 Å². The Labute approximate surface area is 89.4 Å². The molecule has 2 N–H and O–H groups in total. The molecule has 1 rings (SSSR count). The molecule has 0 radical (unpaired) electrons. The number of rotatable bonds is 2. The van der Waals surface area contributed by atoms with E-state index in [9.17, 15) is 4.91 Å². The number of terminal acetylenes is 1. The quantitative estimate of drug-likeness (QED) is 0.519. The monoisotopic (exact) mass is 215 g/mol. The highest BCUT2D eigenvalue weighted by Gasteiger charge is 2.25. The van der Waals surface area contributed by atoms with E-state index < -0.39 is 5.72 Å². The largest absolute Gasteiger partial charge is 0.394 e. The average molecular weight is 215 g/mol. The highest BCUT2D eigenvalue weighted by atomic mass is 16.5.